The van der Waals surface area contributed by atoms with Gasteiger partial charge in [-0.15, -0.1) is 0 Å². The summed E-state index contributed by atoms with van der Waals surface area (Å²) in [4.78, 5) is 39.0. The van der Waals surface area contributed by atoms with E-state index in [9.17, 15) is 14.4 Å². The number of hydrogen-bond donors (Lipinski definition) is 1. The number of rotatable bonds is 4. The van der Waals surface area contributed by atoms with Crippen molar-refractivity contribution >= 4 is 17.8 Å². The molecule has 1 heterocycles. The zero-order valence-corrected chi connectivity index (χ0v) is 9.75. The van der Waals surface area contributed by atoms with Crippen molar-refractivity contribution in [3.63, 3.8) is 0 Å². The lowest BCUT2D eigenvalue weighted by atomic mass is 9.97. The predicted molar refractivity (Wildman–Crippen MR) is 60.6 cm³/mol. The summed E-state index contributed by atoms with van der Waals surface area (Å²) in [5.74, 6) is -2.05. The zero-order valence-electron chi connectivity index (χ0n) is 9.75. The molecule has 2 rings (SSSR count). The van der Waals surface area contributed by atoms with E-state index in [0.717, 1.165) is 0 Å². The van der Waals surface area contributed by atoms with Crippen LogP contribution in [0.5, 0.6) is 0 Å². The summed E-state index contributed by atoms with van der Waals surface area (Å²) in [6.07, 6.45) is 0.447. The number of nitrogens with one attached hydrogen (secondary N) is 1. The van der Waals surface area contributed by atoms with Gasteiger partial charge in [0, 0.05) is 0 Å². The Kier molecular flexibility index (Phi) is 3.38. The van der Waals surface area contributed by atoms with Gasteiger partial charge in [-0.05, 0) is 18.6 Å². The van der Waals surface area contributed by atoms with Crippen molar-refractivity contribution in [1.82, 2.24) is 10.6 Å². The van der Waals surface area contributed by atoms with Gasteiger partial charge in [0.1, 0.15) is 5.92 Å². The Bertz CT molecular complexity index is 470. The summed E-state index contributed by atoms with van der Waals surface area (Å²) in [6, 6.07) is 8.27. The standard InChI is InChI=1S/C12H12N2O4/c1-2-9-10(15)14(11(9)16)13-18-12(17)8-6-4-3-5-7-8/h3-7,9,13H,2H2,1H3. The predicted octanol–water partition coefficient (Wildman–Crippen LogP) is 0.658. The number of nitrogens with zero attached hydrogens (tertiary/aromatic N) is 1. The fourth-order valence-corrected chi connectivity index (χ4v) is 1.62. The van der Waals surface area contributed by atoms with Crippen molar-refractivity contribution in [3.05, 3.63) is 35.9 Å². The summed E-state index contributed by atoms with van der Waals surface area (Å²) in [6.45, 7) is 1.74. The van der Waals surface area contributed by atoms with Crippen LogP contribution < -0.4 is 5.59 Å². The largest absolute Gasteiger partial charge is 0.358 e. The second-order valence-electron chi connectivity index (χ2n) is 3.82. The van der Waals surface area contributed by atoms with Crippen molar-refractivity contribution in [2.24, 2.45) is 5.92 Å². The van der Waals surface area contributed by atoms with Gasteiger partial charge in [0.05, 0.1) is 5.56 Å². The molecule has 0 saturated carbocycles. The van der Waals surface area contributed by atoms with E-state index in [2.05, 4.69) is 10.4 Å². The van der Waals surface area contributed by atoms with Crippen molar-refractivity contribution in [3.8, 4) is 0 Å². The van der Waals surface area contributed by atoms with Crippen LogP contribution in [0, 0.1) is 5.92 Å². The van der Waals surface area contributed by atoms with Gasteiger partial charge in [-0.3, -0.25) is 9.59 Å². The van der Waals surface area contributed by atoms with Crippen molar-refractivity contribution < 1.29 is 19.2 Å². The van der Waals surface area contributed by atoms with Gasteiger partial charge in [0.25, 0.3) is 11.8 Å². The van der Waals surface area contributed by atoms with Crippen LogP contribution in [0.2, 0.25) is 0 Å². The first-order valence-corrected chi connectivity index (χ1v) is 5.54. The Balaban J connectivity index is 1.88. The van der Waals surface area contributed by atoms with E-state index in [0.29, 0.717) is 17.0 Å². The fraction of sp³-hybridized carbons (Fsp3) is 0.250. The molecule has 6 heteroatoms. The van der Waals surface area contributed by atoms with Gasteiger partial charge >= 0.3 is 5.97 Å². The molecule has 0 bridgehead atoms. The molecule has 0 radical (unpaired) electrons. The maximum atomic E-state index is 11.5. The molecule has 1 aromatic carbocycles. The second-order valence-corrected chi connectivity index (χ2v) is 3.82. The second kappa shape index (κ2) is 4.97. The van der Waals surface area contributed by atoms with Crippen LogP contribution in [0.1, 0.15) is 23.7 Å². The highest BCUT2D eigenvalue weighted by Crippen LogP contribution is 2.20. The first kappa shape index (κ1) is 12.3. The number of hydrogen-bond acceptors (Lipinski definition) is 5. The minimum atomic E-state index is -0.656. The number of β-lactam (4-membered cyclic amide) rings is 2. The maximum absolute atomic E-state index is 11.5. The smallest absolute Gasteiger partial charge is 0.346 e. The van der Waals surface area contributed by atoms with Crippen LogP contribution in [-0.2, 0) is 14.4 Å². The minimum absolute atomic E-state index is 0.331. The number of imide groups is 1. The number of amides is 2. The van der Waals surface area contributed by atoms with Gasteiger partial charge in [0.15, 0.2) is 0 Å². The Labute approximate surface area is 103 Å². The van der Waals surface area contributed by atoms with E-state index < -0.39 is 11.9 Å². The summed E-state index contributed by atoms with van der Waals surface area (Å²) in [7, 11) is 0. The number of carbonyl (C=O) groups is 3. The third-order valence-corrected chi connectivity index (χ3v) is 2.68. The molecule has 6 nitrogen and oxygen atoms in total. The highest BCUT2D eigenvalue weighted by molar-refractivity contribution is 6.17. The van der Waals surface area contributed by atoms with E-state index in [1.54, 1.807) is 37.3 Å². The molecule has 18 heavy (non-hydrogen) atoms. The van der Waals surface area contributed by atoms with Crippen LogP contribution in [0.4, 0.5) is 0 Å². The van der Waals surface area contributed by atoms with Crippen LogP contribution in [0.3, 0.4) is 0 Å². The molecule has 0 aromatic heterocycles. The number of benzene rings is 1. The SMILES string of the molecule is CCC1C(=O)N(NOC(=O)c2ccccc2)C1=O. The number of carbonyl (C=O) groups excluding carboxylic acids is 3. The van der Waals surface area contributed by atoms with E-state index in [4.69, 9.17) is 0 Å². The lowest BCUT2D eigenvalue weighted by Gasteiger charge is -2.33. The van der Waals surface area contributed by atoms with Crippen LogP contribution in [-0.4, -0.2) is 22.8 Å². The van der Waals surface area contributed by atoms with Crippen LogP contribution in [0.25, 0.3) is 0 Å². The highest BCUT2D eigenvalue weighted by atomic mass is 16.7. The lowest BCUT2D eigenvalue weighted by molar-refractivity contribution is -0.182. The summed E-state index contributed by atoms with van der Waals surface area (Å²) in [5.41, 5.74) is 2.40. The summed E-state index contributed by atoms with van der Waals surface area (Å²) >= 11 is 0. The molecule has 1 fully saturated rings. The fourth-order valence-electron chi connectivity index (χ4n) is 1.62. The molecule has 1 aromatic rings. The van der Waals surface area contributed by atoms with Crippen LogP contribution >= 0.6 is 0 Å². The molecule has 1 N–H and O–H groups in total. The van der Waals surface area contributed by atoms with Crippen LogP contribution in [0.15, 0.2) is 30.3 Å². The zero-order chi connectivity index (χ0) is 13.1. The summed E-state index contributed by atoms with van der Waals surface area (Å²) < 4.78 is 0. The molecular weight excluding hydrogens is 236 g/mol. The summed E-state index contributed by atoms with van der Waals surface area (Å²) in [5, 5.41) is 0.703. The Hall–Kier alpha value is -2.21. The molecule has 1 aliphatic rings. The Morgan fingerprint density at radius 1 is 1.28 bits per heavy atom. The molecule has 1 saturated heterocycles. The molecular formula is C12H12N2O4. The quantitative estimate of drug-likeness (QED) is 0.481. The molecule has 1 aliphatic heterocycles. The number of hydrazine groups is 1. The van der Waals surface area contributed by atoms with Gasteiger partial charge < -0.3 is 4.84 Å². The van der Waals surface area contributed by atoms with Gasteiger partial charge in [0.2, 0.25) is 0 Å². The molecule has 0 atom stereocenters. The monoisotopic (exact) mass is 248 g/mol. The molecule has 94 valence electrons. The van der Waals surface area contributed by atoms with Crippen molar-refractivity contribution in [1.29, 1.82) is 0 Å². The Morgan fingerprint density at radius 3 is 2.44 bits per heavy atom. The highest BCUT2D eigenvalue weighted by Gasteiger charge is 2.46. The topological polar surface area (TPSA) is 75.7 Å². The van der Waals surface area contributed by atoms with E-state index in [1.165, 1.54) is 0 Å². The third-order valence-electron chi connectivity index (χ3n) is 2.68. The average molecular weight is 248 g/mol. The van der Waals surface area contributed by atoms with E-state index in [1.807, 2.05) is 0 Å². The molecule has 0 spiro atoms. The van der Waals surface area contributed by atoms with E-state index in [-0.39, 0.29) is 11.8 Å². The Morgan fingerprint density at radius 2 is 1.89 bits per heavy atom. The minimum Gasteiger partial charge on any atom is -0.346 e. The molecule has 0 unspecified atom stereocenters. The van der Waals surface area contributed by atoms with E-state index >= 15 is 0 Å². The molecule has 0 aliphatic carbocycles. The maximum Gasteiger partial charge on any atom is 0.358 e. The average Bonchev–Trinajstić information content (AvgIpc) is 2.40. The lowest BCUT2D eigenvalue weighted by Crippen LogP contribution is -2.63. The first-order chi connectivity index (χ1) is 8.65. The van der Waals surface area contributed by atoms with Gasteiger partial charge in [-0.25, -0.2) is 4.79 Å². The van der Waals surface area contributed by atoms with Crippen molar-refractivity contribution in [2.45, 2.75) is 13.3 Å². The normalized spacial score (nSPS) is 15.5. The molecule has 2 amide bonds. The van der Waals surface area contributed by atoms with Crippen molar-refractivity contribution in [2.75, 3.05) is 0 Å². The van der Waals surface area contributed by atoms with Gasteiger partial charge in [-0.1, -0.05) is 30.7 Å². The first-order valence-electron chi connectivity index (χ1n) is 5.54. The van der Waals surface area contributed by atoms with Gasteiger partial charge in [-0.2, -0.15) is 5.01 Å². The third kappa shape index (κ3) is 2.10.